The van der Waals surface area contributed by atoms with Crippen molar-refractivity contribution >= 4 is 21.9 Å². The number of rotatable bonds is 3. The van der Waals surface area contributed by atoms with Crippen LogP contribution in [0.1, 0.15) is 22.4 Å². The fourth-order valence-corrected chi connectivity index (χ4v) is 6.38. The highest BCUT2D eigenvalue weighted by Crippen LogP contribution is 2.56. The zero-order chi connectivity index (χ0) is 25.1. The lowest BCUT2D eigenvalue weighted by atomic mass is 9.70. The molecular formula is C36H23NO. The maximum absolute atomic E-state index is 6.08. The van der Waals surface area contributed by atoms with Gasteiger partial charge < -0.3 is 4.42 Å². The molecule has 0 N–H and O–H groups in total. The molecular weight excluding hydrogens is 462 g/mol. The van der Waals surface area contributed by atoms with Gasteiger partial charge in [-0.3, -0.25) is 4.98 Å². The molecule has 2 aromatic heterocycles. The molecule has 38 heavy (non-hydrogen) atoms. The van der Waals surface area contributed by atoms with Crippen LogP contribution in [0.5, 0.6) is 0 Å². The molecule has 0 aliphatic heterocycles. The summed E-state index contributed by atoms with van der Waals surface area (Å²) in [6.45, 7) is 0. The molecule has 2 nitrogen and oxygen atoms in total. The van der Waals surface area contributed by atoms with Crippen LogP contribution in [0.15, 0.2) is 144 Å². The van der Waals surface area contributed by atoms with E-state index in [1.54, 1.807) is 0 Å². The summed E-state index contributed by atoms with van der Waals surface area (Å²) in [4.78, 5) is 4.93. The summed E-state index contributed by atoms with van der Waals surface area (Å²) in [6, 6.07) is 47.5. The number of benzene rings is 5. The Hall–Kier alpha value is -4.95. The van der Waals surface area contributed by atoms with Crippen molar-refractivity contribution in [3.8, 4) is 22.3 Å². The summed E-state index contributed by atoms with van der Waals surface area (Å²) in [5.41, 5.74) is 11.0. The van der Waals surface area contributed by atoms with Gasteiger partial charge in [0.15, 0.2) is 0 Å². The van der Waals surface area contributed by atoms with Crippen LogP contribution < -0.4 is 0 Å². The first kappa shape index (κ1) is 21.2. The second kappa shape index (κ2) is 8.03. The van der Waals surface area contributed by atoms with Gasteiger partial charge in [0, 0.05) is 17.0 Å². The third kappa shape index (κ3) is 2.86. The summed E-state index contributed by atoms with van der Waals surface area (Å²) >= 11 is 0. The van der Waals surface area contributed by atoms with Crippen LogP contribution in [0.2, 0.25) is 0 Å². The van der Waals surface area contributed by atoms with Gasteiger partial charge in [-0.25, -0.2) is 0 Å². The predicted molar refractivity (Wildman–Crippen MR) is 154 cm³/mol. The van der Waals surface area contributed by atoms with Crippen molar-refractivity contribution in [3.63, 3.8) is 0 Å². The highest BCUT2D eigenvalue weighted by Gasteiger charge is 2.47. The lowest BCUT2D eigenvalue weighted by molar-refractivity contribution is 0.669. The number of pyridine rings is 1. The van der Waals surface area contributed by atoms with Gasteiger partial charge in [-0.15, -0.1) is 0 Å². The molecule has 0 saturated heterocycles. The Labute approximate surface area is 220 Å². The van der Waals surface area contributed by atoms with E-state index in [4.69, 9.17) is 9.40 Å². The summed E-state index contributed by atoms with van der Waals surface area (Å²) in [6.07, 6.45) is 1.90. The van der Waals surface area contributed by atoms with Crippen molar-refractivity contribution in [1.29, 1.82) is 0 Å². The number of nitrogens with zero attached hydrogens (tertiary/aromatic N) is 1. The first-order valence-corrected chi connectivity index (χ1v) is 13.0. The second-order valence-corrected chi connectivity index (χ2v) is 9.95. The Kier molecular flexibility index (Phi) is 4.47. The number of furan rings is 1. The van der Waals surface area contributed by atoms with Crippen LogP contribution >= 0.6 is 0 Å². The molecule has 0 amide bonds. The summed E-state index contributed by atoms with van der Waals surface area (Å²) < 4.78 is 6.08. The second-order valence-electron chi connectivity index (χ2n) is 9.95. The Morgan fingerprint density at radius 1 is 0.500 bits per heavy atom. The van der Waals surface area contributed by atoms with Crippen molar-refractivity contribution in [2.45, 2.75) is 5.41 Å². The molecule has 178 valence electrons. The topological polar surface area (TPSA) is 26.0 Å². The van der Waals surface area contributed by atoms with E-state index >= 15 is 0 Å². The van der Waals surface area contributed by atoms with E-state index in [9.17, 15) is 0 Å². The number of para-hydroxylation sites is 1. The summed E-state index contributed by atoms with van der Waals surface area (Å²) in [7, 11) is 0. The van der Waals surface area contributed by atoms with E-state index in [0.29, 0.717) is 0 Å². The first-order valence-electron chi connectivity index (χ1n) is 13.0. The molecule has 0 radical (unpaired) electrons. The fourth-order valence-electron chi connectivity index (χ4n) is 6.38. The van der Waals surface area contributed by atoms with Crippen LogP contribution in [0.25, 0.3) is 44.2 Å². The third-order valence-corrected chi connectivity index (χ3v) is 8.01. The van der Waals surface area contributed by atoms with Gasteiger partial charge in [0.1, 0.15) is 11.2 Å². The van der Waals surface area contributed by atoms with Gasteiger partial charge in [-0.2, -0.15) is 0 Å². The number of fused-ring (bicyclic) bond motifs is 6. The van der Waals surface area contributed by atoms with E-state index < -0.39 is 5.41 Å². The molecule has 0 spiro atoms. The van der Waals surface area contributed by atoms with Gasteiger partial charge in [0.25, 0.3) is 0 Å². The quantitative estimate of drug-likeness (QED) is 0.249. The standard InChI is InChI=1S/C36H23NO/c1-2-10-26(11-3-1)36(35-16-8-9-21-37-35)31-14-6-4-12-27(31)29-22-24(17-19-32(29)36)25-18-20-34-30(23-25)28-13-5-7-15-33(28)38-34/h1-23H. The van der Waals surface area contributed by atoms with E-state index in [-0.39, 0.29) is 0 Å². The Bertz CT molecular complexity index is 1930. The predicted octanol–water partition coefficient (Wildman–Crippen LogP) is 9.01. The van der Waals surface area contributed by atoms with Crippen molar-refractivity contribution in [1.82, 2.24) is 4.98 Å². The molecule has 0 fully saturated rings. The summed E-state index contributed by atoms with van der Waals surface area (Å²) in [5, 5.41) is 2.29. The molecule has 1 aliphatic carbocycles. The average Bonchev–Trinajstić information content (AvgIpc) is 3.51. The first-order chi connectivity index (χ1) is 18.8. The van der Waals surface area contributed by atoms with Crippen molar-refractivity contribution in [2.75, 3.05) is 0 Å². The van der Waals surface area contributed by atoms with Crippen LogP contribution in [-0.4, -0.2) is 4.98 Å². The molecule has 0 saturated carbocycles. The third-order valence-electron chi connectivity index (χ3n) is 8.01. The van der Waals surface area contributed by atoms with Gasteiger partial charge in [-0.1, -0.05) is 97.1 Å². The van der Waals surface area contributed by atoms with Gasteiger partial charge in [-0.05, 0) is 75.3 Å². The molecule has 1 atom stereocenters. The molecule has 1 aliphatic rings. The molecule has 2 heterocycles. The number of aromatic nitrogens is 1. The Balaban J connectivity index is 1.40. The van der Waals surface area contributed by atoms with Crippen LogP contribution in [0.4, 0.5) is 0 Å². The average molecular weight is 486 g/mol. The van der Waals surface area contributed by atoms with Crippen LogP contribution in [0, 0.1) is 0 Å². The molecule has 0 bridgehead atoms. The molecule has 5 aromatic carbocycles. The highest BCUT2D eigenvalue weighted by molar-refractivity contribution is 6.06. The molecule has 2 heteroatoms. The minimum Gasteiger partial charge on any atom is -0.456 e. The maximum Gasteiger partial charge on any atom is 0.135 e. The Morgan fingerprint density at radius 3 is 2.11 bits per heavy atom. The zero-order valence-electron chi connectivity index (χ0n) is 20.6. The molecule has 7 aromatic rings. The van der Waals surface area contributed by atoms with Gasteiger partial charge in [0.2, 0.25) is 0 Å². The maximum atomic E-state index is 6.08. The fraction of sp³-hybridized carbons (Fsp3) is 0.0278. The smallest absolute Gasteiger partial charge is 0.135 e. The normalized spacial score (nSPS) is 16.0. The largest absolute Gasteiger partial charge is 0.456 e. The van der Waals surface area contributed by atoms with E-state index in [0.717, 1.165) is 27.6 Å². The van der Waals surface area contributed by atoms with Crippen molar-refractivity contribution in [2.24, 2.45) is 0 Å². The van der Waals surface area contributed by atoms with Crippen molar-refractivity contribution in [3.05, 3.63) is 162 Å². The lowest BCUT2D eigenvalue weighted by Crippen LogP contribution is -2.29. The highest BCUT2D eigenvalue weighted by atomic mass is 16.3. The molecule has 1 unspecified atom stereocenters. The van der Waals surface area contributed by atoms with Crippen molar-refractivity contribution < 1.29 is 4.42 Å². The van der Waals surface area contributed by atoms with Crippen LogP contribution in [-0.2, 0) is 5.41 Å². The van der Waals surface area contributed by atoms with Gasteiger partial charge >= 0.3 is 0 Å². The minimum atomic E-state index is -0.475. The molecule has 8 rings (SSSR count). The van der Waals surface area contributed by atoms with Crippen LogP contribution in [0.3, 0.4) is 0 Å². The van der Waals surface area contributed by atoms with E-state index in [1.807, 2.05) is 24.4 Å². The SMILES string of the molecule is c1ccc(C2(c3ccccn3)c3ccccc3-c3cc(-c4ccc5oc6ccccc6c5c4)ccc32)cc1. The number of hydrogen-bond donors (Lipinski definition) is 0. The Morgan fingerprint density at radius 2 is 1.21 bits per heavy atom. The zero-order valence-corrected chi connectivity index (χ0v) is 20.6. The van der Waals surface area contributed by atoms with Gasteiger partial charge in [0.05, 0.1) is 11.1 Å². The van der Waals surface area contributed by atoms with E-state index in [1.165, 1.54) is 38.9 Å². The minimum absolute atomic E-state index is 0.475. The summed E-state index contributed by atoms with van der Waals surface area (Å²) in [5.74, 6) is 0. The monoisotopic (exact) mass is 485 g/mol. The number of hydrogen-bond acceptors (Lipinski definition) is 2. The lowest BCUT2D eigenvalue weighted by Gasteiger charge is -2.32. The van der Waals surface area contributed by atoms with E-state index in [2.05, 4.69) is 115 Å².